The first-order chi connectivity index (χ1) is 8.24. The molecule has 17 heavy (non-hydrogen) atoms. The third kappa shape index (κ3) is 4.21. The van der Waals surface area contributed by atoms with Crippen LogP contribution in [0.1, 0.15) is 36.4 Å². The standard InChI is InChI=1S/C13H20N2OS/c1-10-15-12(9-17-10)8-13(16)3-2-11-4-6-14-7-5-11/h9,11,14H,2-8H2,1H3. The number of aryl methyl sites for hydroxylation is 1. The molecule has 2 heterocycles. The van der Waals surface area contributed by atoms with Gasteiger partial charge in [-0.25, -0.2) is 4.98 Å². The van der Waals surface area contributed by atoms with E-state index in [-0.39, 0.29) is 0 Å². The summed E-state index contributed by atoms with van der Waals surface area (Å²) in [7, 11) is 0. The maximum absolute atomic E-state index is 11.8. The van der Waals surface area contributed by atoms with Gasteiger partial charge in [-0.05, 0) is 45.2 Å². The highest BCUT2D eigenvalue weighted by molar-refractivity contribution is 7.09. The number of thiazole rings is 1. The zero-order valence-corrected chi connectivity index (χ0v) is 11.2. The monoisotopic (exact) mass is 252 g/mol. The molecule has 0 aromatic carbocycles. The zero-order chi connectivity index (χ0) is 12.1. The van der Waals surface area contributed by atoms with Gasteiger partial charge in [0.15, 0.2) is 0 Å². The zero-order valence-electron chi connectivity index (χ0n) is 10.4. The molecule has 1 N–H and O–H groups in total. The highest BCUT2D eigenvalue weighted by atomic mass is 32.1. The van der Waals surface area contributed by atoms with E-state index in [4.69, 9.17) is 0 Å². The number of ketones is 1. The molecule has 4 heteroatoms. The van der Waals surface area contributed by atoms with Crippen molar-refractivity contribution in [3.63, 3.8) is 0 Å². The van der Waals surface area contributed by atoms with Crippen molar-refractivity contribution in [3.8, 4) is 0 Å². The maximum atomic E-state index is 11.8. The van der Waals surface area contributed by atoms with Crippen LogP contribution < -0.4 is 5.32 Å². The lowest BCUT2D eigenvalue weighted by molar-refractivity contribution is -0.118. The normalized spacial score (nSPS) is 17.2. The van der Waals surface area contributed by atoms with Crippen LogP contribution in [0.4, 0.5) is 0 Å². The third-order valence-electron chi connectivity index (χ3n) is 3.34. The summed E-state index contributed by atoms with van der Waals surface area (Å²) in [6, 6.07) is 0. The largest absolute Gasteiger partial charge is 0.317 e. The summed E-state index contributed by atoms with van der Waals surface area (Å²) in [6.45, 7) is 4.21. The summed E-state index contributed by atoms with van der Waals surface area (Å²) in [5, 5.41) is 6.40. The molecular formula is C13H20N2OS. The van der Waals surface area contributed by atoms with Crippen LogP contribution in [-0.4, -0.2) is 23.9 Å². The van der Waals surface area contributed by atoms with Crippen LogP contribution in [0.15, 0.2) is 5.38 Å². The minimum atomic E-state index is 0.342. The number of piperidine rings is 1. The van der Waals surface area contributed by atoms with Gasteiger partial charge in [-0.15, -0.1) is 11.3 Å². The molecule has 0 spiro atoms. The Balaban J connectivity index is 1.70. The smallest absolute Gasteiger partial charge is 0.138 e. The topological polar surface area (TPSA) is 42.0 Å². The molecule has 94 valence electrons. The number of nitrogens with one attached hydrogen (secondary N) is 1. The predicted octanol–water partition coefficient (Wildman–Crippen LogP) is 2.34. The average molecular weight is 252 g/mol. The van der Waals surface area contributed by atoms with Crippen molar-refractivity contribution in [3.05, 3.63) is 16.1 Å². The van der Waals surface area contributed by atoms with Crippen molar-refractivity contribution in [1.29, 1.82) is 0 Å². The quantitative estimate of drug-likeness (QED) is 0.874. The number of nitrogens with zero attached hydrogens (tertiary/aromatic N) is 1. The molecule has 0 unspecified atom stereocenters. The van der Waals surface area contributed by atoms with Gasteiger partial charge in [0, 0.05) is 18.2 Å². The molecule has 1 aliphatic heterocycles. The van der Waals surface area contributed by atoms with Gasteiger partial charge in [-0.3, -0.25) is 4.79 Å². The second-order valence-electron chi connectivity index (χ2n) is 4.81. The van der Waals surface area contributed by atoms with E-state index in [0.717, 1.165) is 42.6 Å². The molecule has 2 rings (SSSR count). The SMILES string of the molecule is Cc1nc(CC(=O)CCC2CCNCC2)cs1. The second-order valence-corrected chi connectivity index (χ2v) is 5.87. The fourth-order valence-corrected chi connectivity index (χ4v) is 2.93. The van der Waals surface area contributed by atoms with Crippen molar-refractivity contribution in [2.45, 2.75) is 39.0 Å². The highest BCUT2D eigenvalue weighted by Gasteiger charge is 2.15. The Morgan fingerprint density at radius 3 is 2.94 bits per heavy atom. The van der Waals surface area contributed by atoms with Gasteiger partial charge in [-0.1, -0.05) is 0 Å². The van der Waals surface area contributed by atoms with E-state index in [1.165, 1.54) is 12.8 Å². The Bertz CT molecular complexity index is 369. The Morgan fingerprint density at radius 2 is 2.29 bits per heavy atom. The number of carbonyl (C=O) groups is 1. The van der Waals surface area contributed by atoms with Gasteiger partial charge in [-0.2, -0.15) is 0 Å². The van der Waals surface area contributed by atoms with Crippen LogP contribution in [0, 0.1) is 12.8 Å². The van der Waals surface area contributed by atoms with E-state index in [2.05, 4.69) is 10.3 Å². The molecule has 0 atom stereocenters. The molecule has 1 fully saturated rings. The lowest BCUT2D eigenvalue weighted by Gasteiger charge is -2.21. The molecular weight excluding hydrogens is 232 g/mol. The molecule has 1 aliphatic rings. The first kappa shape index (κ1) is 12.7. The predicted molar refractivity (Wildman–Crippen MR) is 70.4 cm³/mol. The molecule has 0 bridgehead atoms. The van der Waals surface area contributed by atoms with Gasteiger partial charge < -0.3 is 5.32 Å². The first-order valence-corrected chi connectivity index (χ1v) is 7.25. The van der Waals surface area contributed by atoms with E-state index < -0.39 is 0 Å². The van der Waals surface area contributed by atoms with E-state index in [0.29, 0.717) is 12.2 Å². The van der Waals surface area contributed by atoms with Crippen LogP contribution in [0.5, 0.6) is 0 Å². The molecule has 1 aromatic rings. The summed E-state index contributed by atoms with van der Waals surface area (Å²) < 4.78 is 0. The number of aromatic nitrogens is 1. The molecule has 1 aromatic heterocycles. The Kier molecular flexibility index (Phi) is 4.68. The fourth-order valence-electron chi connectivity index (χ4n) is 2.32. The van der Waals surface area contributed by atoms with Crippen molar-refractivity contribution in [2.24, 2.45) is 5.92 Å². The van der Waals surface area contributed by atoms with E-state index >= 15 is 0 Å². The molecule has 0 saturated carbocycles. The summed E-state index contributed by atoms with van der Waals surface area (Å²) in [5.74, 6) is 1.09. The summed E-state index contributed by atoms with van der Waals surface area (Å²) >= 11 is 1.62. The number of carbonyl (C=O) groups excluding carboxylic acids is 1. The van der Waals surface area contributed by atoms with Crippen LogP contribution in [0.25, 0.3) is 0 Å². The minimum absolute atomic E-state index is 0.342. The van der Waals surface area contributed by atoms with E-state index in [1.54, 1.807) is 11.3 Å². The van der Waals surface area contributed by atoms with Gasteiger partial charge in [0.25, 0.3) is 0 Å². The number of hydrogen-bond donors (Lipinski definition) is 1. The van der Waals surface area contributed by atoms with Crippen LogP contribution >= 0.6 is 11.3 Å². The van der Waals surface area contributed by atoms with Crippen molar-refractivity contribution in [1.82, 2.24) is 10.3 Å². The van der Waals surface area contributed by atoms with Crippen LogP contribution in [-0.2, 0) is 11.2 Å². The van der Waals surface area contributed by atoms with Crippen LogP contribution in [0.2, 0.25) is 0 Å². The van der Waals surface area contributed by atoms with Crippen molar-refractivity contribution < 1.29 is 4.79 Å². The number of hydrogen-bond acceptors (Lipinski definition) is 4. The van der Waals surface area contributed by atoms with Gasteiger partial charge >= 0.3 is 0 Å². The molecule has 0 amide bonds. The van der Waals surface area contributed by atoms with Crippen molar-refractivity contribution in [2.75, 3.05) is 13.1 Å². The molecule has 1 saturated heterocycles. The Hall–Kier alpha value is -0.740. The maximum Gasteiger partial charge on any atom is 0.138 e. The summed E-state index contributed by atoms with van der Waals surface area (Å²) in [5.41, 5.74) is 0.947. The molecule has 0 aliphatic carbocycles. The first-order valence-electron chi connectivity index (χ1n) is 6.37. The van der Waals surface area contributed by atoms with Crippen molar-refractivity contribution >= 4 is 17.1 Å². The Morgan fingerprint density at radius 1 is 1.53 bits per heavy atom. The van der Waals surface area contributed by atoms with Crippen LogP contribution in [0.3, 0.4) is 0 Å². The number of Topliss-reactive ketones (excluding diaryl/α,β-unsaturated/α-hetero) is 1. The summed E-state index contributed by atoms with van der Waals surface area (Å²) in [4.78, 5) is 16.1. The van der Waals surface area contributed by atoms with E-state index in [9.17, 15) is 4.79 Å². The average Bonchev–Trinajstić information content (AvgIpc) is 2.73. The van der Waals surface area contributed by atoms with Gasteiger partial charge in [0.2, 0.25) is 0 Å². The minimum Gasteiger partial charge on any atom is -0.317 e. The van der Waals surface area contributed by atoms with Gasteiger partial charge in [0.1, 0.15) is 5.78 Å². The van der Waals surface area contributed by atoms with E-state index in [1.807, 2.05) is 12.3 Å². The lowest BCUT2D eigenvalue weighted by Crippen LogP contribution is -2.28. The lowest BCUT2D eigenvalue weighted by atomic mass is 9.92. The Labute approximate surface area is 107 Å². The number of rotatable bonds is 5. The second kappa shape index (κ2) is 6.26. The van der Waals surface area contributed by atoms with Gasteiger partial charge in [0.05, 0.1) is 10.7 Å². The highest BCUT2D eigenvalue weighted by Crippen LogP contribution is 2.18. The molecule has 3 nitrogen and oxygen atoms in total. The molecule has 0 radical (unpaired) electrons. The third-order valence-corrected chi connectivity index (χ3v) is 4.16. The summed E-state index contributed by atoms with van der Waals surface area (Å²) in [6.07, 6.45) is 4.76. The fraction of sp³-hybridized carbons (Fsp3) is 0.692.